The quantitative estimate of drug-likeness (QED) is 0.128. The van der Waals surface area contributed by atoms with Crippen LogP contribution in [-0.4, -0.2) is 16.9 Å². The zero-order valence-corrected chi connectivity index (χ0v) is 20.6. The number of rotatable bonds is 13. The third-order valence-electron chi connectivity index (χ3n) is 4.56. The van der Waals surface area contributed by atoms with Gasteiger partial charge >= 0.3 is 39.9 Å². The molecule has 0 saturated carbocycles. The minimum absolute atomic E-state index is 0. The van der Waals surface area contributed by atoms with E-state index in [1.165, 1.54) is 0 Å². The average Bonchev–Trinajstić information content (AvgIpc) is 3.56. The number of furan rings is 1. The van der Waals surface area contributed by atoms with Gasteiger partial charge in [0.1, 0.15) is 5.76 Å². The Kier molecular flexibility index (Phi) is 26.3. The molecule has 0 amide bonds. The molecular weight excluding hydrogens is 526 g/mol. The molecule has 8 nitrogen and oxygen atoms in total. The first-order valence-electron chi connectivity index (χ1n) is 10.3. The van der Waals surface area contributed by atoms with E-state index in [1.807, 2.05) is 24.3 Å². The number of carboxylic acid groups (broad SMARTS) is 1. The zero-order valence-electron chi connectivity index (χ0n) is 18.7. The van der Waals surface area contributed by atoms with Crippen molar-refractivity contribution < 1.29 is 58.3 Å². The smallest absolute Gasteiger partial charge is 0 e. The summed E-state index contributed by atoms with van der Waals surface area (Å²) in [5, 5.41) is 20.5. The van der Waals surface area contributed by atoms with Gasteiger partial charge in [0, 0.05) is 32.9 Å². The van der Waals surface area contributed by atoms with Crippen molar-refractivity contribution >= 4 is 11.8 Å². The van der Waals surface area contributed by atoms with Crippen LogP contribution in [0.25, 0.3) is 0 Å². The number of aryl methyl sites for hydroxylation is 1. The van der Waals surface area contributed by atoms with Crippen molar-refractivity contribution in [3.05, 3.63) is 79.2 Å². The average molecular weight is 553 g/mol. The van der Waals surface area contributed by atoms with Crippen LogP contribution in [0.15, 0.2) is 52.2 Å². The summed E-state index contributed by atoms with van der Waals surface area (Å²) in [5.41, 5.74) is 0.803. The second kappa shape index (κ2) is 24.9. The van der Waals surface area contributed by atoms with Crippen LogP contribution < -0.4 is 5.11 Å². The molecule has 1 aliphatic rings. The maximum absolute atomic E-state index is 12.1. The van der Waals surface area contributed by atoms with Crippen LogP contribution in [0, 0.1) is 20.0 Å². The SMILES string of the molecule is O=C(O)CCc1ccc(C(=O)CCCCCCCCC([O-])=C2C=CC=C2)o1.[C-]#[O+].[C-]#[O+].[C-]#[O+].[Tc]. The molecule has 1 radical (unpaired) electrons. The van der Waals surface area contributed by atoms with Gasteiger partial charge in [0.05, 0.1) is 6.42 Å². The van der Waals surface area contributed by atoms with Gasteiger partial charge in [-0.05, 0) is 30.5 Å². The number of Topliss-reactive ketones (excluding diaryl/α,β-unsaturated/α-hetero) is 1. The Balaban J connectivity index is -0.00000127. The van der Waals surface area contributed by atoms with Crippen molar-refractivity contribution in [2.45, 2.75) is 64.2 Å². The molecule has 1 aliphatic carbocycles. The van der Waals surface area contributed by atoms with E-state index in [0.717, 1.165) is 44.1 Å². The summed E-state index contributed by atoms with van der Waals surface area (Å²) in [6.45, 7) is 13.5. The van der Waals surface area contributed by atoms with Gasteiger partial charge in [-0.2, -0.15) is 0 Å². The van der Waals surface area contributed by atoms with Crippen LogP contribution in [0.5, 0.6) is 0 Å². The number of unbranched alkanes of at least 4 members (excludes halogenated alkanes) is 5. The van der Waals surface area contributed by atoms with Crippen LogP contribution in [0.3, 0.4) is 0 Å². The number of hydrogen-bond donors (Lipinski definition) is 1. The summed E-state index contributed by atoms with van der Waals surface area (Å²) in [5.74, 6) is 0.164. The van der Waals surface area contributed by atoms with E-state index in [1.54, 1.807) is 12.1 Å². The normalized spacial score (nSPS) is 10.2. The molecule has 0 unspecified atom stereocenters. The number of hydrogen-bond acceptors (Lipinski definition) is 4. The fourth-order valence-corrected chi connectivity index (χ4v) is 3.00. The minimum Gasteiger partial charge on any atom is 0 e. The Morgan fingerprint density at radius 2 is 1.32 bits per heavy atom. The van der Waals surface area contributed by atoms with Crippen LogP contribution in [0.1, 0.15) is 74.1 Å². The molecule has 183 valence electrons. The van der Waals surface area contributed by atoms with Gasteiger partial charge in [-0.15, -0.1) is 5.76 Å². The zero-order chi connectivity index (χ0) is 25.5. The van der Waals surface area contributed by atoms with E-state index in [2.05, 4.69) is 20.0 Å². The number of ketones is 1. The van der Waals surface area contributed by atoms with E-state index >= 15 is 0 Å². The van der Waals surface area contributed by atoms with Gasteiger partial charge in [0.25, 0.3) is 0 Å². The third kappa shape index (κ3) is 16.9. The molecular formula is C25H27O8Tc-. The monoisotopic (exact) mass is 552 g/mol. The largest absolute Gasteiger partial charge is 0 e. The molecule has 0 bridgehead atoms. The van der Waals surface area contributed by atoms with Crippen molar-refractivity contribution in [3.63, 3.8) is 0 Å². The first-order chi connectivity index (χ1) is 16.1. The predicted octanol–water partition coefficient (Wildman–Crippen LogP) is 4.23. The van der Waals surface area contributed by atoms with E-state index in [-0.39, 0.29) is 38.1 Å². The number of aliphatic carboxylic acids is 1. The summed E-state index contributed by atoms with van der Waals surface area (Å²) in [7, 11) is 0. The van der Waals surface area contributed by atoms with Crippen LogP contribution in [0.2, 0.25) is 0 Å². The Labute approximate surface area is 213 Å². The van der Waals surface area contributed by atoms with Crippen molar-refractivity contribution in [2.24, 2.45) is 0 Å². The Bertz CT molecular complexity index is 827. The summed E-state index contributed by atoms with van der Waals surface area (Å²) in [6, 6.07) is 3.30. The third-order valence-corrected chi connectivity index (χ3v) is 4.56. The van der Waals surface area contributed by atoms with Crippen molar-refractivity contribution in [1.82, 2.24) is 0 Å². The number of carbonyl (C=O) groups excluding carboxylic acids is 1. The van der Waals surface area contributed by atoms with Gasteiger partial charge in [-0.3, -0.25) is 9.59 Å². The molecule has 0 aliphatic heterocycles. The molecule has 0 aromatic carbocycles. The van der Waals surface area contributed by atoms with Crippen molar-refractivity contribution in [2.75, 3.05) is 0 Å². The maximum Gasteiger partial charge on any atom is 0 e. The van der Waals surface area contributed by atoms with Crippen molar-refractivity contribution in [3.8, 4) is 0 Å². The van der Waals surface area contributed by atoms with Gasteiger partial charge < -0.3 is 14.6 Å². The summed E-state index contributed by atoms with van der Waals surface area (Å²) >= 11 is 0. The van der Waals surface area contributed by atoms with Gasteiger partial charge in [0.15, 0.2) is 11.5 Å². The van der Waals surface area contributed by atoms with Crippen LogP contribution in [-0.2, 0) is 45.3 Å². The van der Waals surface area contributed by atoms with Gasteiger partial charge in [0.2, 0.25) is 0 Å². The Morgan fingerprint density at radius 3 is 1.85 bits per heavy atom. The molecule has 1 aromatic heterocycles. The molecule has 1 aromatic rings. The molecule has 1 heterocycles. The number of carboxylic acids is 1. The first-order valence-corrected chi connectivity index (χ1v) is 10.3. The minimum atomic E-state index is -0.880. The van der Waals surface area contributed by atoms with E-state index in [9.17, 15) is 14.7 Å². The summed E-state index contributed by atoms with van der Waals surface area (Å²) < 4.78 is 27.9. The fourth-order valence-electron chi connectivity index (χ4n) is 3.00. The van der Waals surface area contributed by atoms with Crippen molar-refractivity contribution in [1.29, 1.82) is 0 Å². The Hall–Kier alpha value is -2.69. The topological polar surface area (TPSA) is 150 Å². The van der Waals surface area contributed by atoms with E-state index in [0.29, 0.717) is 30.8 Å². The molecule has 2 rings (SSSR count). The van der Waals surface area contributed by atoms with Crippen LogP contribution in [0.4, 0.5) is 0 Å². The fraction of sp³-hybridized carbons (Fsp3) is 0.400. The van der Waals surface area contributed by atoms with Gasteiger partial charge in [-0.1, -0.05) is 56.4 Å². The molecule has 34 heavy (non-hydrogen) atoms. The second-order valence-corrected chi connectivity index (χ2v) is 6.80. The maximum atomic E-state index is 12.1. The molecule has 1 N–H and O–H groups in total. The molecule has 0 saturated heterocycles. The first kappa shape index (κ1) is 35.9. The molecule has 0 spiro atoms. The molecule has 0 atom stereocenters. The Morgan fingerprint density at radius 1 is 0.824 bits per heavy atom. The second-order valence-electron chi connectivity index (χ2n) is 6.80. The summed E-state index contributed by atoms with van der Waals surface area (Å²) in [4.78, 5) is 22.6. The molecule has 0 fully saturated rings. The number of allylic oxidation sites excluding steroid dienone is 6. The molecule has 9 heteroatoms. The standard InChI is InChI=1S/C22H28O5.3CO.Tc/c23-19(17-9-7-8-10-17)11-5-3-1-2-4-6-12-20(24)21-15-13-18(27-21)14-16-22(25)26;3*1-2;/h7-10,13,15,23H,1-6,11-12,14,16H2,(H,25,26);;;;/p-1. The predicted molar refractivity (Wildman–Crippen MR) is 113 cm³/mol. The van der Waals surface area contributed by atoms with E-state index in [4.69, 9.17) is 23.5 Å². The summed E-state index contributed by atoms with van der Waals surface area (Å²) in [6.07, 6.45) is 14.7. The van der Waals surface area contributed by atoms with E-state index < -0.39 is 5.97 Å². The van der Waals surface area contributed by atoms with Crippen LogP contribution >= 0.6 is 0 Å². The van der Waals surface area contributed by atoms with Gasteiger partial charge in [-0.25, -0.2) is 0 Å². The number of carbonyl (C=O) groups is 2.